The van der Waals surface area contributed by atoms with Crippen LogP contribution in [0, 0.1) is 0 Å². The number of hydrogen-bond donors (Lipinski definition) is 6. The Kier molecular flexibility index (Phi) is 7.90. The van der Waals surface area contributed by atoms with E-state index in [1.807, 2.05) is 12.1 Å². The van der Waals surface area contributed by atoms with Gasteiger partial charge in [-0.3, -0.25) is 4.79 Å². The van der Waals surface area contributed by atoms with Gasteiger partial charge in [-0.2, -0.15) is 0 Å². The molecule has 1 aliphatic heterocycles. The lowest BCUT2D eigenvalue weighted by molar-refractivity contribution is -0.131. The van der Waals surface area contributed by atoms with E-state index in [0.717, 1.165) is 18.4 Å². The van der Waals surface area contributed by atoms with Crippen molar-refractivity contribution in [3.8, 4) is 0 Å². The van der Waals surface area contributed by atoms with E-state index in [1.165, 1.54) is 11.2 Å². The summed E-state index contributed by atoms with van der Waals surface area (Å²) in [6, 6.07) is 6.68. The van der Waals surface area contributed by atoms with Crippen LogP contribution in [0.1, 0.15) is 18.4 Å². The number of nitrogens with zero attached hydrogens (tertiary/aromatic N) is 2. The maximum Gasteiger partial charge on any atom is 0.315 e. The molecule has 0 radical (unpaired) electrons. The first kappa shape index (κ1) is 21.3. The second-order valence-electron chi connectivity index (χ2n) is 6.72. The van der Waals surface area contributed by atoms with E-state index >= 15 is 0 Å². The molecule has 0 aromatic heterocycles. The van der Waals surface area contributed by atoms with Gasteiger partial charge in [-0.05, 0) is 30.5 Å². The molecular formula is C18H29N7O3. The molecule has 2 rings (SSSR count). The lowest BCUT2D eigenvalue weighted by Gasteiger charge is -2.28. The van der Waals surface area contributed by atoms with Gasteiger partial charge < -0.3 is 37.1 Å². The molecule has 1 saturated heterocycles. The standard InChI is InChI=1S/C18H29N7O3/c19-14-5-3-13(4-6-14)8-22-18(28)23-9-17(27)25-7-1-2-16(25)11-24(21)10-15(20)12-26/h3-6,10,16,26H,1-2,7-9,11-12,19-21H2,(H2,22,23,28)/b15-10-/t16-/m1/s1. The van der Waals surface area contributed by atoms with E-state index in [-0.39, 0.29) is 30.8 Å². The summed E-state index contributed by atoms with van der Waals surface area (Å²) in [5.41, 5.74) is 13.0. The fourth-order valence-electron chi connectivity index (χ4n) is 3.04. The highest BCUT2D eigenvalue weighted by Gasteiger charge is 2.29. The van der Waals surface area contributed by atoms with Crippen LogP contribution in [0.15, 0.2) is 36.2 Å². The van der Waals surface area contributed by atoms with Crippen LogP contribution >= 0.6 is 0 Å². The Morgan fingerprint density at radius 3 is 2.68 bits per heavy atom. The van der Waals surface area contributed by atoms with Gasteiger partial charge in [-0.25, -0.2) is 10.6 Å². The predicted molar refractivity (Wildman–Crippen MR) is 106 cm³/mol. The Balaban J connectivity index is 1.76. The Morgan fingerprint density at radius 2 is 2.00 bits per heavy atom. The monoisotopic (exact) mass is 391 g/mol. The second-order valence-corrected chi connectivity index (χ2v) is 6.72. The van der Waals surface area contributed by atoms with E-state index in [9.17, 15) is 9.59 Å². The van der Waals surface area contributed by atoms with E-state index in [4.69, 9.17) is 22.4 Å². The number of aliphatic hydroxyl groups excluding tert-OH is 1. The molecule has 9 N–H and O–H groups in total. The predicted octanol–water partition coefficient (Wildman–Crippen LogP) is -0.973. The molecule has 1 aromatic carbocycles. The van der Waals surface area contributed by atoms with Gasteiger partial charge in [-0.15, -0.1) is 0 Å². The zero-order valence-electron chi connectivity index (χ0n) is 15.8. The first-order chi connectivity index (χ1) is 13.4. The summed E-state index contributed by atoms with van der Waals surface area (Å²) in [5.74, 6) is 5.69. The van der Waals surface area contributed by atoms with E-state index in [2.05, 4.69) is 10.6 Å². The molecule has 1 aromatic rings. The average Bonchev–Trinajstić information content (AvgIpc) is 3.13. The highest BCUT2D eigenvalue weighted by atomic mass is 16.3. The molecule has 10 nitrogen and oxygen atoms in total. The zero-order valence-corrected chi connectivity index (χ0v) is 15.8. The topological polar surface area (TPSA) is 163 Å². The van der Waals surface area contributed by atoms with Gasteiger partial charge in [0.2, 0.25) is 5.91 Å². The number of nitrogens with two attached hydrogens (primary N) is 3. The molecule has 0 saturated carbocycles. The highest BCUT2D eigenvalue weighted by Crippen LogP contribution is 2.17. The number of carbonyl (C=O) groups excluding carboxylic acids is 2. The Bertz CT molecular complexity index is 693. The Labute approximate surface area is 164 Å². The Hall–Kier alpha value is -2.98. The van der Waals surface area contributed by atoms with Crippen molar-refractivity contribution >= 4 is 17.6 Å². The number of rotatable bonds is 8. The van der Waals surface area contributed by atoms with Crippen LogP contribution in [0.5, 0.6) is 0 Å². The van der Waals surface area contributed by atoms with Crippen molar-refractivity contribution in [3.63, 3.8) is 0 Å². The third kappa shape index (κ3) is 6.63. The summed E-state index contributed by atoms with van der Waals surface area (Å²) in [6.45, 7) is 0.980. The van der Waals surface area contributed by atoms with Crippen LogP contribution in [0.3, 0.4) is 0 Å². The number of nitrogen functional groups attached to an aromatic ring is 1. The number of carbonyl (C=O) groups is 2. The summed E-state index contributed by atoms with van der Waals surface area (Å²) in [6.07, 6.45) is 3.13. The van der Waals surface area contributed by atoms with Crippen LogP contribution in [0.2, 0.25) is 0 Å². The summed E-state index contributed by atoms with van der Waals surface area (Å²) in [5, 5.41) is 15.6. The minimum Gasteiger partial charge on any atom is -0.399 e. The number of hydrazine groups is 1. The summed E-state index contributed by atoms with van der Waals surface area (Å²) >= 11 is 0. The lowest BCUT2D eigenvalue weighted by Crippen LogP contribution is -2.48. The number of urea groups is 1. The second kappa shape index (κ2) is 10.4. The van der Waals surface area contributed by atoms with Gasteiger partial charge in [-0.1, -0.05) is 12.1 Å². The van der Waals surface area contributed by atoms with E-state index < -0.39 is 6.03 Å². The summed E-state index contributed by atoms with van der Waals surface area (Å²) < 4.78 is 0. The van der Waals surface area contributed by atoms with Crippen molar-refractivity contribution in [2.75, 3.05) is 32.0 Å². The molecule has 1 atom stereocenters. The van der Waals surface area contributed by atoms with Crippen molar-refractivity contribution in [3.05, 3.63) is 41.7 Å². The van der Waals surface area contributed by atoms with E-state index in [0.29, 0.717) is 25.3 Å². The van der Waals surface area contributed by atoms with Crippen molar-refractivity contribution < 1.29 is 14.7 Å². The molecule has 0 unspecified atom stereocenters. The van der Waals surface area contributed by atoms with Gasteiger partial charge in [0.15, 0.2) is 0 Å². The minimum absolute atomic E-state index is 0.0696. The molecule has 0 aliphatic carbocycles. The minimum atomic E-state index is -0.417. The first-order valence-corrected chi connectivity index (χ1v) is 9.13. The number of nitrogens with one attached hydrogen (secondary N) is 2. The maximum atomic E-state index is 12.5. The van der Waals surface area contributed by atoms with Crippen molar-refractivity contribution in [2.24, 2.45) is 11.6 Å². The average molecular weight is 391 g/mol. The van der Waals surface area contributed by atoms with Crippen LogP contribution < -0.4 is 27.9 Å². The quantitative estimate of drug-likeness (QED) is 0.188. The lowest BCUT2D eigenvalue weighted by atomic mass is 10.2. The van der Waals surface area contributed by atoms with Gasteiger partial charge in [0.05, 0.1) is 31.4 Å². The largest absolute Gasteiger partial charge is 0.399 e. The van der Waals surface area contributed by atoms with Gasteiger partial charge >= 0.3 is 6.03 Å². The van der Waals surface area contributed by atoms with Crippen LogP contribution in [0.25, 0.3) is 0 Å². The van der Waals surface area contributed by atoms with Crippen LogP contribution in [-0.4, -0.2) is 59.2 Å². The maximum absolute atomic E-state index is 12.5. The van der Waals surface area contributed by atoms with Crippen molar-refractivity contribution in [2.45, 2.75) is 25.4 Å². The number of hydrogen-bond acceptors (Lipinski definition) is 7. The smallest absolute Gasteiger partial charge is 0.315 e. The summed E-state index contributed by atoms with van der Waals surface area (Å²) in [4.78, 5) is 26.1. The molecule has 154 valence electrons. The zero-order chi connectivity index (χ0) is 20.5. The van der Waals surface area contributed by atoms with Crippen molar-refractivity contribution in [1.29, 1.82) is 0 Å². The molecule has 1 aliphatic rings. The molecule has 1 fully saturated rings. The number of benzene rings is 1. The number of anilines is 1. The normalized spacial score (nSPS) is 16.7. The van der Waals surface area contributed by atoms with Gasteiger partial charge in [0.25, 0.3) is 0 Å². The summed E-state index contributed by atoms with van der Waals surface area (Å²) in [7, 11) is 0. The van der Waals surface area contributed by atoms with E-state index in [1.54, 1.807) is 17.0 Å². The SMILES string of the molecule is N/C(=C\N(N)C[C@H]1CCCN1C(=O)CNC(=O)NCc1ccc(N)cc1)CO. The molecule has 0 bridgehead atoms. The molecule has 3 amide bonds. The number of amides is 3. The van der Waals surface area contributed by atoms with Gasteiger partial charge in [0, 0.05) is 25.0 Å². The molecular weight excluding hydrogens is 362 g/mol. The van der Waals surface area contributed by atoms with Gasteiger partial charge in [0.1, 0.15) is 0 Å². The fourth-order valence-corrected chi connectivity index (χ4v) is 3.04. The Morgan fingerprint density at radius 1 is 1.29 bits per heavy atom. The molecule has 0 spiro atoms. The van der Waals surface area contributed by atoms with Crippen LogP contribution in [-0.2, 0) is 11.3 Å². The van der Waals surface area contributed by atoms with Crippen LogP contribution in [0.4, 0.5) is 10.5 Å². The fraction of sp³-hybridized carbons (Fsp3) is 0.444. The molecule has 1 heterocycles. The third-order valence-electron chi connectivity index (χ3n) is 4.47. The molecule has 28 heavy (non-hydrogen) atoms. The first-order valence-electron chi connectivity index (χ1n) is 9.13. The van der Waals surface area contributed by atoms with Crippen molar-refractivity contribution in [1.82, 2.24) is 20.5 Å². The molecule has 10 heteroatoms. The number of aliphatic hydroxyl groups is 1. The number of likely N-dealkylation sites (tertiary alicyclic amines) is 1. The third-order valence-corrected chi connectivity index (χ3v) is 4.47. The highest BCUT2D eigenvalue weighted by molar-refractivity contribution is 5.84.